The van der Waals surface area contributed by atoms with E-state index in [1.807, 2.05) is 13.0 Å². The van der Waals surface area contributed by atoms with Crippen LogP contribution in [0.2, 0.25) is 0 Å². The molecule has 128 valence electrons. The van der Waals surface area contributed by atoms with Crippen LogP contribution in [-0.2, 0) is 6.42 Å². The summed E-state index contributed by atoms with van der Waals surface area (Å²) in [5.74, 6) is -0.520. The van der Waals surface area contributed by atoms with E-state index in [-0.39, 0.29) is 11.7 Å². The molecular formula is C20H15FN4O. The summed E-state index contributed by atoms with van der Waals surface area (Å²) in [7, 11) is 0. The molecule has 2 aromatic carbocycles. The van der Waals surface area contributed by atoms with Crippen molar-refractivity contribution in [3.05, 3.63) is 76.9 Å². The Morgan fingerprint density at radius 3 is 2.73 bits per heavy atom. The molecule has 1 aliphatic rings. The van der Waals surface area contributed by atoms with Gasteiger partial charge in [-0.05, 0) is 55.3 Å². The molecule has 1 aliphatic heterocycles. The van der Waals surface area contributed by atoms with E-state index in [1.165, 1.54) is 12.1 Å². The van der Waals surface area contributed by atoms with Gasteiger partial charge in [0, 0.05) is 24.0 Å². The van der Waals surface area contributed by atoms with Crippen LogP contribution in [0.15, 0.2) is 48.7 Å². The summed E-state index contributed by atoms with van der Waals surface area (Å²) in [6, 6.07) is 13.4. The lowest BCUT2D eigenvalue weighted by Crippen LogP contribution is -2.30. The van der Waals surface area contributed by atoms with Gasteiger partial charge in [0.15, 0.2) is 5.69 Å². The number of hydrogen-bond donors (Lipinski definition) is 0. The number of aromatic nitrogens is 2. The van der Waals surface area contributed by atoms with Gasteiger partial charge in [0.05, 0.1) is 17.3 Å². The minimum absolute atomic E-state index is 0.197. The number of halogens is 1. The zero-order chi connectivity index (χ0) is 18.3. The van der Waals surface area contributed by atoms with Gasteiger partial charge in [-0.2, -0.15) is 10.4 Å². The number of carbonyl (C=O) groups excluding carboxylic acids is 1. The van der Waals surface area contributed by atoms with Gasteiger partial charge in [-0.3, -0.25) is 4.79 Å². The van der Waals surface area contributed by atoms with Gasteiger partial charge in [-0.1, -0.05) is 6.07 Å². The molecule has 0 atom stereocenters. The number of nitriles is 1. The highest BCUT2D eigenvalue weighted by Crippen LogP contribution is 2.30. The first-order chi connectivity index (χ1) is 12.6. The van der Waals surface area contributed by atoms with Crippen LogP contribution in [0.25, 0.3) is 5.69 Å². The highest BCUT2D eigenvalue weighted by Gasteiger charge is 2.28. The first-order valence-electron chi connectivity index (χ1n) is 8.24. The van der Waals surface area contributed by atoms with Crippen molar-refractivity contribution in [1.82, 2.24) is 9.78 Å². The van der Waals surface area contributed by atoms with Gasteiger partial charge in [-0.25, -0.2) is 9.07 Å². The molecule has 0 fully saturated rings. The molecule has 1 aromatic heterocycles. The zero-order valence-corrected chi connectivity index (χ0v) is 14.1. The lowest BCUT2D eigenvalue weighted by Gasteiger charge is -2.16. The van der Waals surface area contributed by atoms with Crippen molar-refractivity contribution in [2.45, 2.75) is 13.3 Å². The third-order valence-corrected chi connectivity index (χ3v) is 4.55. The largest absolute Gasteiger partial charge is 0.306 e. The smallest absolute Gasteiger partial charge is 0.279 e. The second kappa shape index (κ2) is 6.12. The number of anilines is 1. The topological polar surface area (TPSA) is 61.9 Å². The van der Waals surface area contributed by atoms with E-state index in [0.717, 1.165) is 23.2 Å². The van der Waals surface area contributed by atoms with Gasteiger partial charge < -0.3 is 4.90 Å². The maximum absolute atomic E-state index is 13.1. The highest BCUT2D eigenvalue weighted by molar-refractivity contribution is 6.07. The third-order valence-electron chi connectivity index (χ3n) is 4.55. The number of rotatable bonds is 2. The van der Waals surface area contributed by atoms with Crippen molar-refractivity contribution < 1.29 is 9.18 Å². The lowest BCUT2D eigenvalue weighted by molar-refractivity contribution is 0.0983. The van der Waals surface area contributed by atoms with Crippen LogP contribution in [0.5, 0.6) is 0 Å². The number of hydrogen-bond acceptors (Lipinski definition) is 3. The quantitative estimate of drug-likeness (QED) is 0.714. The highest BCUT2D eigenvalue weighted by atomic mass is 19.1. The third kappa shape index (κ3) is 2.64. The van der Waals surface area contributed by atoms with Crippen LogP contribution < -0.4 is 4.90 Å². The van der Waals surface area contributed by atoms with Gasteiger partial charge in [0.2, 0.25) is 0 Å². The molecule has 0 saturated carbocycles. The van der Waals surface area contributed by atoms with Crippen LogP contribution in [0, 0.1) is 24.1 Å². The maximum Gasteiger partial charge on any atom is 0.279 e. The summed E-state index contributed by atoms with van der Waals surface area (Å²) in [6.07, 6.45) is 2.51. The van der Waals surface area contributed by atoms with Crippen molar-refractivity contribution in [1.29, 1.82) is 5.26 Å². The summed E-state index contributed by atoms with van der Waals surface area (Å²) in [5.41, 5.74) is 4.12. The van der Waals surface area contributed by atoms with E-state index < -0.39 is 0 Å². The predicted octanol–water partition coefficient (Wildman–Crippen LogP) is 3.39. The number of aryl methyl sites for hydroxylation is 1. The molecule has 0 spiro atoms. The van der Waals surface area contributed by atoms with Gasteiger partial charge in [0.1, 0.15) is 5.82 Å². The molecule has 5 nitrogen and oxygen atoms in total. The SMILES string of the molecule is Cc1cn(-c2ccc(F)cc2)nc1C(=O)N1CCc2ccc(C#N)cc21. The Morgan fingerprint density at radius 2 is 2.00 bits per heavy atom. The van der Waals surface area contributed by atoms with Crippen molar-refractivity contribution in [3.63, 3.8) is 0 Å². The molecule has 0 N–H and O–H groups in total. The van der Waals surface area contributed by atoms with Gasteiger partial charge in [0.25, 0.3) is 5.91 Å². The predicted molar refractivity (Wildman–Crippen MR) is 94.8 cm³/mol. The Hall–Kier alpha value is -3.46. The summed E-state index contributed by atoms with van der Waals surface area (Å²) < 4.78 is 14.7. The fourth-order valence-electron chi connectivity index (χ4n) is 3.19. The molecule has 0 unspecified atom stereocenters. The standard InChI is InChI=1S/C20H15FN4O/c1-13-12-25(17-6-4-16(21)5-7-17)23-19(13)20(26)24-9-8-15-3-2-14(11-22)10-18(15)24/h2-7,10,12H,8-9H2,1H3. The normalized spacial score (nSPS) is 12.7. The monoisotopic (exact) mass is 346 g/mol. The summed E-state index contributed by atoms with van der Waals surface area (Å²) in [4.78, 5) is 14.7. The van der Waals surface area contributed by atoms with Gasteiger partial charge in [-0.15, -0.1) is 0 Å². The van der Waals surface area contributed by atoms with Crippen molar-refractivity contribution in [2.24, 2.45) is 0 Å². The fourth-order valence-corrected chi connectivity index (χ4v) is 3.19. The van der Waals surface area contributed by atoms with E-state index in [2.05, 4.69) is 11.2 Å². The Labute approximate surface area is 149 Å². The molecule has 1 amide bonds. The maximum atomic E-state index is 13.1. The molecule has 0 radical (unpaired) electrons. The minimum Gasteiger partial charge on any atom is -0.306 e. The Bertz CT molecular complexity index is 1050. The second-order valence-electron chi connectivity index (χ2n) is 6.24. The summed E-state index contributed by atoms with van der Waals surface area (Å²) >= 11 is 0. The van der Waals surface area contributed by atoms with Crippen LogP contribution in [0.1, 0.15) is 27.2 Å². The van der Waals surface area contributed by atoms with E-state index in [4.69, 9.17) is 5.26 Å². The van der Waals surface area contributed by atoms with Crippen LogP contribution in [0.3, 0.4) is 0 Å². The van der Waals surface area contributed by atoms with Gasteiger partial charge >= 0.3 is 0 Å². The average Bonchev–Trinajstić information content (AvgIpc) is 3.25. The van der Waals surface area contributed by atoms with E-state index in [0.29, 0.717) is 23.5 Å². The first-order valence-corrected chi connectivity index (χ1v) is 8.24. The fraction of sp³-hybridized carbons (Fsp3) is 0.150. The number of nitrogens with zero attached hydrogens (tertiary/aromatic N) is 4. The van der Waals surface area contributed by atoms with Crippen molar-refractivity contribution >= 4 is 11.6 Å². The molecule has 0 saturated heterocycles. The van der Waals surface area contributed by atoms with E-state index in [9.17, 15) is 9.18 Å². The van der Waals surface area contributed by atoms with Crippen molar-refractivity contribution in [2.75, 3.05) is 11.4 Å². The Kier molecular flexibility index (Phi) is 3.77. The molecule has 0 bridgehead atoms. The number of carbonyl (C=O) groups is 1. The van der Waals surface area contributed by atoms with Crippen LogP contribution in [0.4, 0.5) is 10.1 Å². The summed E-state index contributed by atoms with van der Waals surface area (Å²) in [6.45, 7) is 2.38. The number of fused-ring (bicyclic) bond motifs is 1. The molecular weight excluding hydrogens is 331 g/mol. The minimum atomic E-state index is -0.323. The average molecular weight is 346 g/mol. The summed E-state index contributed by atoms with van der Waals surface area (Å²) in [5, 5.41) is 13.5. The van der Waals surface area contributed by atoms with Crippen LogP contribution in [-0.4, -0.2) is 22.2 Å². The van der Waals surface area contributed by atoms with E-state index >= 15 is 0 Å². The molecule has 26 heavy (non-hydrogen) atoms. The molecule has 2 heterocycles. The molecule has 4 rings (SSSR count). The van der Waals surface area contributed by atoms with Crippen LogP contribution >= 0.6 is 0 Å². The molecule has 3 aromatic rings. The Morgan fingerprint density at radius 1 is 1.23 bits per heavy atom. The number of benzene rings is 2. The van der Waals surface area contributed by atoms with E-state index in [1.54, 1.807) is 40.0 Å². The first kappa shape index (κ1) is 16.0. The zero-order valence-electron chi connectivity index (χ0n) is 14.1. The Balaban J connectivity index is 1.69. The number of amides is 1. The second-order valence-corrected chi connectivity index (χ2v) is 6.24. The lowest BCUT2D eigenvalue weighted by atomic mass is 10.1. The molecule has 6 heteroatoms. The molecule has 0 aliphatic carbocycles. The van der Waals surface area contributed by atoms with Crippen molar-refractivity contribution in [3.8, 4) is 11.8 Å².